The van der Waals surface area contributed by atoms with Crippen LogP contribution in [0.15, 0.2) is 62.3 Å². The van der Waals surface area contributed by atoms with Crippen molar-refractivity contribution in [2.24, 2.45) is 5.10 Å². The van der Waals surface area contributed by atoms with E-state index in [2.05, 4.69) is 51.9 Å². The van der Waals surface area contributed by atoms with Crippen molar-refractivity contribution >= 4 is 47.0 Å². The minimum Gasteiger partial charge on any atom is -0.272 e. The van der Waals surface area contributed by atoms with Gasteiger partial charge in [0.25, 0.3) is 5.91 Å². The number of aromatic nitrogens is 2. The van der Waals surface area contributed by atoms with Gasteiger partial charge in [-0.3, -0.25) is 4.79 Å². The van der Waals surface area contributed by atoms with Crippen molar-refractivity contribution < 1.29 is 4.79 Å². The van der Waals surface area contributed by atoms with Crippen LogP contribution >= 0.6 is 34.9 Å². The van der Waals surface area contributed by atoms with Gasteiger partial charge in [0.05, 0.1) is 12.0 Å². The molecular weight excluding hydrogens is 408 g/mol. The zero-order chi connectivity index (χ0) is 19.8. The van der Waals surface area contributed by atoms with E-state index in [-0.39, 0.29) is 11.7 Å². The van der Waals surface area contributed by atoms with Gasteiger partial charge in [-0.2, -0.15) is 5.10 Å². The Balaban J connectivity index is 1.40. The van der Waals surface area contributed by atoms with Gasteiger partial charge in [-0.15, -0.1) is 10.2 Å². The third-order valence-electron chi connectivity index (χ3n) is 3.68. The largest absolute Gasteiger partial charge is 0.272 e. The fraction of sp³-hybridized carbons (Fsp3) is 0.200. The van der Waals surface area contributed by atoms with Crippen LogP contribution in [0.2, 0.25) is 0 Å². The molecule has 1 heterocycles. The van der Waals surface area contributed by atoms with Crippen molar-refractivity contribution in [1.82, 2.24) is 15.6 Å². The molecule has 1 aromatic heterocycles. The van der Waals surface area contributed by atoms with Crippen molar-refractivity contribution in [3.05, 3.63) is 70.8 Å². The molecule has 0 saturated heterocycles. The third-order valence-corrected chi connectivity index (χ3v) is 6.94. The third kappa shape index (κ3) is 6.78. The fourth-order valence-electron chi connectivity index (χ4n) is 2.13. The maximum Gasteiger partial charge on any atom is 0.250 e. The molecular formula is C20H20N4OS3. The van der Waals surface area contributed by atoms with Crippen LogP contribution in [0.1, 0.15) is 22.3 Å². The van der Waals surface area contributed by atoms with Crippen LogP contribution in [0.4, 0.5) is 0 Å². The van der Waals surface area contributed by atoms with E-state index in [1.165, 1.54) is 39.8 Å². The van der Waals surface area contributed by atoms with Gasteiger partial charge in [0.15, 0.2) is 8.68 Å². The minimum absolute atomic E-state index is 0.169. The molecule has 8 heteroatoms. The molecule has 144 valence electrons. The molecule has 5 nitrogen and oxygen atoms in total. The summed E-state index contributed by atoms with van der Waals surface area (Å²) in [4.78, 5) is 11.9. The molecule has 0 bridgehead atoms. The number of nitrogens with zero attached hydrogens (tertiary/aromatic N) is 3. The number of thioether (sulfide) groups is 2. The summed E-state index contributed by atoms with van der Waals surface area (Å²) in [5.74, 6) is 0.938. The Morgan fingerprint density at radius 3 is 2.29 bits per heavy atom. The molecule has 2 aromatic carbocycles. The molecule has 0 fully saturated rings. The van der Waals surface area contributed by atoms with Gasteiger partial charge in [-0.05, 0) is 25.0 Å². The van der Waals surface area contributed by atoms with E-state index in [4.69, 9.17) is 0 Å². The number of carbonyl (C=O) groups is 1. The Morgan fingerprint density at radius 1 is 1.00 bits per heavy atom. The zero-order valence-electron chi connectivity index (χ0n) is 15.6. The van der Waals surface area contributed by atoms with E-state index in [0.717, 1.165) is 20.0 Å². The van der Waals surface area contributed by atoms with Crippen LogP contribution in [0.3, 0.4) is 0 Å². The highest BCUT2D eigenvalue weighted by molar-refractivity contribution is 8.03. The summed E-state index contributed by atoms with van der Waals surface area (Å²) in [7, 11) is 0. The highest BCUT2D eigenvalue weighted by atomic mass is 32.2. The second kappa shape index (κ2) is 10.4. The van der Waals surface area contributed by atoms with Gasteiger partial charge >= 0.3 is 0 Å². The number of carbonyl (C=O) groups excluding carboxylic acids is 1. The number of nitrogens with one attached hydrogen (secondary N) is 1. The van der Waals surface area contributed by atoms with Crippen LogP contribution in [0.5, 0.6) is 0 Å². The number of amides is 1. The van der Waals surface area contributed by atoms with E-state index < -0.39 is 0 Å². The molecule has 0 radical (unpaired) electrons. The predicted molar refractivity (Wildman–Crippen MR) is 118 cm³/mol. The highest BCUT2D eigenvalue weighted by Crippen LogP contribution is 2.30. The van der Waals surface area contributed by atoms with Crippen LogP contribution < -0.4 is 5.43 Å². The molecule has 1 N–H and O–H groups in total. The van der Waals surface area contributed by atoms with Gasteiger partial charge in [-0.1, -0.05) is 94.5 Å². The van der Waals surface area contributed by atoms with Crippen LogP contribution in [-0.2, 0) is 10.5 Å². The summed E-state index contributed by atoms with van der Waals surface area (Å²) in [6, 6.07) is 16.4. The monoisotopic (exact) mass is 428 g/mol. The molecule has 28 heavy (non-hydrogen) atoms. The number of hydrogen-bond acceptors (Lipinski definition) is 7. The summed E-state index contributed by atoms with van der Waals surface area (Å²) in [6.45, 7) is 4.11. The standard InChI is InChI=1S/C20H20N4OS3/c1-14-3-7-16(8-4-14)11-21-22-18(25)13-27-20-24-23-19(28-20)26-12-17-9-5-15(2)6-10-17/h3-11H,12-13H2,1-2H3,(H,22,25). The Kier molecular flexibility index (Phi) is 7.64. The average Bonchev–Trinajstić information content (AvgIpc) is 3.15. The van der Waals surface area contributed by atoms with E-state index in [1.807, 2.05) is 31.2 Å². The topological polar surface area (TPSA) is 67.2 Å². The predicted octanol–water partition coefficient (Wildman–Crippen LogP) is 4.69. The number of hydrogen-bond donors (Lipinski definition) is 1. The number of aryl methyl sites for hydroxylation is 2. The molecule has 0 unspecified atom stereocenters. The van der Waals surface area contributed by atoms with Crippen LogP contribution in [-0.4, -0.2) is 28.1 Å². The van der Waals surface area contributed by atoms with E-state index in [9.17, 15) is 4.79 Å². The van der Waals surface area contributed by atoms with Gasteiger partial charge in [0.2, 0.25) is 0 Å². The van der Waals surface area contributed by atoms with Gasteiger partial charge in [-0.25, -0.2) is 5.43 Å². The van der Waals surface area contributed by atoms with E-state index >= 15 is 0 Å². The lowest BCUT2D eigenvalue weighted by Crippen LogP contribution is -2.19. The first-order valence-corrected chi connectivity index (χ1v) is 11.4. The summed E-state index contributed by atoms with van der Waals surface area (Å²) >= 11 is 4.53. The first-order chi connectivity index (χ1) is 13.6. The van der Waals surface area contributed by atoms with Crippen molar-refractivity contribution in [3.63, 3.8) is 0 Å². The van der Waals surface area contributed by atoms with Crippen molar-refractivity contribution in [1.29, 1.82) is 0 Å². The molecule has 0 aliphatic rings. The zero-order valence-corrected chi connectivity index (χ0v) is 18.0. The Bertz CT molecular complexity index is 937. The van der Waals surface area contributed by atoms with Crippen LogP contribution in [0, 0.1) is 13.8 Å². The second-order valence-electron chi connectivity index (χ2n) is 6.10. The molecule has 1 amide bonds. The Morgan fingerprint density at radius 2 is 1.61 bits per heavy atom. The first-order valence-electron chi connectivity index (χ1n) is 8.62. The maximum atomic E-state index is 11.9. The quantitative estimate of drug-likeness (QED) is 0.320. The summed E-state index contributed by atoms with van der Waals surface area (Å²) in [5, 5.41) is 12.3. The normalized spacial score (nSPS) is 11.1. The van der Waals surface area contributed by atoms with Crippen molar-refractivity contribution in [2.75, 3.05) is 5.75 Å². The van der Waals surface area contributed by atoms with Gasteiger partial charge in [0, 0.05) is 5.75 Å². The lowest BCUT2D eigenvalue weighted by Gasteiger charge is -1.99. The summed E-state index contributed by atoms with van der Waals surface area (Å²) in [6.07, 6.45) is 1.63. The average molecular weight is 429 g/mol. The molecule has 3 rings (SSSR count). The molecule has 0 atom stereocenters. The molecule has 0 saturated carbocycles. The smallest absolute Gasteiger partial charge is 0.250 e. The molecule has 0 spiro atoms. The SMILES string of the molecule is Cc1ccc(C=NNC(=O)CSc2nnc(SCc3ccc(C)cc3)s2)cc1. The van der Waals surface area contributed by atoms with Crippen molar-refractivity contribution in [3.8, 4) is 0 Å². The molecule has 0 aliphatic heterocycles. The maximum absolute atomic E-state index is 11.9. The summed E-state index contributed by atoms with van der Waals surface area (Å²) in [5.41, 5.74) is 7.17. The highest BCUT2D eigenvalue weighted by Gasteiger charge is 2.08. The second-order valence-corrected chi connectivity index (χ2v) is 9.52. The lowest BCUT2D eigenvalue weighted by molar-refractivity contribution is -0.118. The minimum atomic E-state index is -0.169. The fourth-order valence-corrected chi connectivity index (χ4v) is 4.90. The van der Waals surface area contributed by atoms with Crippen molar-refractivity contribution in [2.45, 2.75) is 28.3 Å². The van der Waals surface area contributed by atoms with E-state index in [0.29, 0.717) is 0 Å². The molecule has 0 aliphatic carbocycles. The van der Waals surface area contributed by atoms with E-state index in [1.54, 1.807) is 18.0 Å². The first kappa shape index (κ1) is 20.6. The van der Waals surface area contributed by atoms with Gasteiger partial charge in [0.1, 0.15) is 0 Å². The number of benzene rings is 2. The number of rotatable bonds is 8. The Labute approximate surface area is 177 Å². The Hall–Kier alpha value is -2.16. The van der Waals surface area contributed by atoms with Gasteiger partial charge < -0.3 is 0 Å². The number of hydrazone groups is 1. The molecule has 3 aromatic rings. The summed E-state index contributed by atoms with van der Waals surface area (Å²) < 4.78 is 1.69. The van der Waals surface area contributed by atoms with Crippen LogP contribution in [0.25, 0.3) is 0 Å². The lowest BCUT2D eigenvalue weighted by atomic mass is 10.2.